The first-order valence-electron chi connectivity index (χ1n) is 16.6. The fourth-order valence-electron chi connectivity index (χ4n) is 5.91. The van der Waals surface area contributed by atoms with Crippen molar-refractivity contribution in [1.29, 1.82) is 0 Å². The van der Waals surface area contributed by atoms with Crippen molar-refractivity contribution in [3.63, 3.8) is 0 Å². The number of benzene rings is 4. The molecule has 0 bridgehead atoms. The van der Waals surface area contributed by atoms with E-state index in [2.05, 4.69) is 126 Å². The second-order valence-corrected chi connectivity index (χ2v) is 14.6. The van der Waals surface area contributed by atoms with Crippen molar-refractivity contribution in [1.82, 2.24) is 9.97 Å². The molecule has 1 unspecified atom stereocenters. The molecule has 252 valence electrons. The molecule has 1 N–H and O–H groups in total. The molecule has 0 saturated heterocycles. The number of nitrogens with zero attached hydrogens (tertiary/aromatic N) is 3. The summed E-state index contributed by atoms with van der Waals surface area (Å²) >= 11 is 0. The molecule has 4 nitrogen and oxygen atoms in total. The van der Waals surface area contributed by atoms with Gasteiger partial charge >= 0.3 is 0 Å². The van der Waals surface area contributed by atoms with Crippen LogP contribution >= 0.6 is 0 Å². The van der Waals surface area contributed by atoms with Crippen molar-refractivity contribution in [3.8, 4) is 28.3 Å². The van der Waals surface area contributed by atoms with E-state index in [1.54, 1.807) is 6.07 Å². The molecule has 6 aromatic rings. The van der Waals surface area contributed by atoms with Gasteiger partial charge in [-0.25, -0.2) is 4.98 Å². The van der Waals surface area contributed by atoms with Crippen molar-refractivity contribution in [2.75, 3.05) is 4.90 Å². The maximum absolute atomic E-state index is 11.3. The van der Waals surface area contributed by atoms with Crippen LogP contribution in [-0.2, 0) is 31.9 Å². The smallest absolute Gasteiger partial charge is 0.136 e. The van der Waals surface area contributed by atoms with Crippen LogP contribution in [0.15, 0.2) is 128 Å². The molecule has 2 heterocycles. The van der Waals surface area contributed by atoms with E-state index in [0.717, 1.165) is 50.8 Å². The number of aromatic hydroxyl groups is 1. The predicted molar refractivity (Wildman–Crippen MR) is 199 cm³/mol. The van der Waals surface area contributed by atoms with E-state index in [9.17, 15) is 5.11 Å². The van der Waals surface area contributed by atoms with Crippen LogP contribution < -0.4 is 4.90 Å². The first-order chi connectivity index (χ1) is 22.9. The van der Waals surface area contributed by atoms with Crippen LogP contribution in [0.4, 0.5) is 17.2 Å². The van der Waals surface area contributed by atoms with Gasteiger partial charge in [0.25, 0.3) is 0 Å². The Morgan fingerprint density at radius 3 is 1.90 bits per heavy atom. The molecular formula is C44H44N3OPt-. The van der Waals surface area contributed by atoms with Gasteiger partial charge in [0, 0.05) is 44.4 Å². The Morgan fingerprint density at radius 1 is 0.653 bits per heavy atom. The minimum Gasteiger partial charge on any atom is -0.507 e. The van der Waals surface area contributed by atoms with Gasteiger partial charge in [0.15, 0.2) is 0 Å². The van der Waals surface area contributed by atoms with E-state index in [1.807, 2.05) is 54.7 Å². The third-order valence-electron chi connectivity index (χ3n) is 8.92. The largest absolute Gasteiger partial charge is 0.507 e. The van der Waals surface area contributed by atoms with Gasteiger partial charge in [-0.2, -0.15) is 0 Å². The van der Waals surface area contributed by atoms with Crippen LogP contribution in [-0.4, -0.2) is 15.1 Å². The predicted octanol–water partition coefficient (Wildman–Crippen LogP) is 11.5. The SMILES string of the molecule is CC(c1ccccc1)c1ccc(O)c(-c2cc(C(C)(C)C)cc(-c3[c-]c(N(c4ccccc4)c4ccccn4)cc(C(C)(C)C)c3)n2)c1.[Pt]. The van der Waals surface area contributed by atoms with Crippen molar-refractivity contribution in [2.45, 2.75) is 65.2 Å². The van der Waals surface area contributed by atoms with Gasteiger partial charge in [0.2, 0.25) is 0 Å². The molecule has 2 aromatic heterocycles. The number of rotatable bonds is 7. The Hall–Kier alpha value is -4.53. The zero-order valence-electron chi connectivity index (χ0n) is 29.3. The van der Waals surface area contributed by atoms with Gasteiger partial charge in [-0.3, -0.25) is 4.98 Å². The van der Waals surface area contributed by atoms with Crippen LogP contribution in [0.3, 0.4) is 0 Å². The van der Waals surface area contributed by atoms with Gasteiger partial charge in [-0.15, -0.1) is 29.3 Å². The Bertz CT molecular complexity index is 1970. The third-order valence-corrected chi connectivity index (χ3v) is 8.92. The van der Waals surface area contributed by atoms with Gasteiger partial charge in [-0.1, -0.05) is 115 Å². The van der Waals surface area contributed by atoms with E-state index in [-0.39, 0.29) is 43.6 Å². The zero-order valence-corrected chi connectivity index (χ0v) is 31.6. The molecule has 0 aliphatic carbocycles. The van der Waals surface area contributed by atoms with Gasteiger partial charge in [0.05, 0.1) is 5.69 Å². The minimum atomic E-state index is -0.161. The number of hydrogen-bond acceptors (Lipinski definition) is 4. The van der Waals surface area contributed by atoms with Crippen molar-refractivity contribution in [3.05, 3.63) is 156 Å². The molecule has 5 heteroatoms. The molecule has 0 aliphatic heterocycles. The second kappa shape index (κ2) is 14.5. The van der Waals surface area contributed by atoms with E-state index < -0.39 is 0 Å². The fourth-order valence-corrected chi connectivity index (χ4v) is 5.91. The number of phenols is 1. The van der Waals surface area contributed by atoms with E-state index in [4.69, 9.17) is 9.97 Å². The normalized spacial score (nSPS) is 12.2. The summed E-state index contributed by atoms with van der Waals surface area (Å²) in [6.07, 6.45) is 1.82. The number of anilines is 3. The van der Waals surface area contributed by atoms with Crippen LogP contribution in [0.2, 0.25) is 0 Å². The molecule has 0 amide bonds. The molecule has 0 spiro atoms. The molecule has 6 rings (SSSR count). The summed E-state index contributed by atoms with van der Waals surface area (Å²) in [5, 5.41) is 11.3. The summed E-state index contributed by atoms with van der Waals surface area (Å²) in [4.78, 5) is 12.2. The Balaban J connectivity index is 0.00000468. The van der Waals surface area contributed by atoms with E-state index in [0.29, 0.717) is 5.56 Å². The maximum Gasteiger partial charge on any atom is 0.136 e. The summed E-state index contributed by atoms with van der Waals surface area (Å²) in [7, 11) is 0. The number of phenolic OH excluding ortho intramolecular Hbond substituents is 1. The molecule has 4 aromatic carbocycles. The fraction of sp³-hybridized carbons (Fsp3) is 0.227. The number of aromatic nitrogens is 2. The minimum absolute atomic E-state index is 0. The molecule has 0 fully saturated rings. The Kier molecular flexibility index (Phi) is 10.6. The van der Waals surface area contributed by atoms with Crippen molar-refractivity contribution >= 4 is 17.2 Å². The number of para-hydroxylation sites is 1. The Morgan fingerprint density at radius 2 is 1.27 bits per heavy atom. The third kappa shape index (κ3) is 8.03. The summed E-state index contributed by atoms with van der Waals surface area (Å²) in [5.74, 6) is 1.18. The standard InChI is InChI=1S/C44H44N3O.Pt/c1-30(31-16-10-8-11-17-31)32-21-22-41(48)38(26-32)40-29-35(44(5,6)7)28-39(46-40)33-24-34(43(2,3)4)27-37(25-33)47(36-18-12-9-13-19-36)42-20-14-15-23-45-42;/h8-24,26-30,48H,1-7H3;/q-1;. The summed E-state index contributed by atoms with van der Waals surface area (Å²) in [6.45, 7) is 15.5. The maximum atomic E-state index is 11.3. The van der Waals surface area contributed by atoms with Crippen LogP contribution in [0, 0.1) is 6.07 Å². The van der Waals surface area contributed by atoms with Gasteiger partial charge in [0.1, 0.15) is 11.6 Å². The molecule has 0 aliphatic rings. The molecule has 0 radical (unpaired) electrons. The van der Waals surface area contributed by atoms with Crippen molar-refractivity contribution < 1.29 is 26.2 Å². The summed E-state index contributed by atoms with van der Waals surface area (Å²) < 4.78 is 0. The monoisotopic (exact) mass is 825 g/mol. The summed E-state index contributed by atoms with van der Waals surface area (Å²) in [5.41, 5.74) is 9.35. The molecule has 49 heavy (non-hydrogen) atoms. The molecule has 1 atom stereocenters. The second-order valence-electron chi connectivity index (χ2n) is 14.6. The van der Waals surface area contributed by atoms with Gasteiger partial charge in [-0.05, 0) is 81.4 Å². The average molecular weight is 826 g/mol. The van der Waals surface area contributed by atoms with Crippen LogP contribution in [0.25, 0.3) is 22.5 Å². The summed E-state index contributed by atoms with van der Waals surface area (Å²) in [6, 6.07) is 45.1. The number of pyridine rings is 2. The van der Waals surface area contributed by atoms with Crippen LogP contribution in [0.1, 0.15) is 76.6 Å². The molecular weight excluding hydrogens is 782 g/mol. The Labute approximate surface area is 306 Å². The van der Waals surface area contributed by atoms with Gasteiger partial charge < -0.3 is 10.0 Å². The average Bonchev–Trinajstić information content (AvgIpc) is 3.08. The zero-order chi connectivity index (χ0) is 34.1. The van der Waals surface area contributed by atoms with E-state index in [1.165, 1.54) is 5.56 Å². The first-order valence-corrected chi connectivity index (χ1v) is 16.6. The molecule has 0 saturated carbocycles. The quantitative estimate of drug-likeness (QED) is 0.163. The van der Waals surface area contributed by atoms with E-state index >= 15 is 0 Å². The number of hydrogen-bond donors (Lipinski definition) is 1. The van der Waals surface area contributed by atoms with Crippen LogP contribution in [0.5, 0.6) is 5.75 Å². The first kappa shape index (κ1) is 35.8. The van der Waals surface area contributed by atoms with Crippen molar-refractivity contribution in [2.24, 2.45) is 0 Å². The topological polar surface area (TPSA) is 49.2 Å².